The van der Waals surface area contributed by atoms with Crippen LogP contribution in [0.1, 0.15) is 37.3 Å². The van der Waals surface area contributed by atoms with E-state index in [0.29, 0.717) is 17.1 Å². The Hall–Kier alpha value is -2.17. The second kappa shape index (κ2) is 5.31. The van der Waals surface area contributed by atoms with E-state index in [1.165, 1.54) is 0 Å². The van der Waals surface area contributed by atoms with Crippen LogP contribution in [0.5, 0.6) is 0 Å². The fourth-order valence-corrected chi connectivity index (χ4v) is 2.54. The first-order valence-electron chi connectivity index (χ1n) is 7.32. The first-order chi connectivity index (χ1) is 10.1. The summed E-state index contributed by atoms with van der Waals surface area (Å²) >= 11 is 0. The minimum Gasteiger partial charge on any atom is -0.336 e. The normalized spacial score (nSPS) is 17.7. The van der Waals surface area contributed by atoms with E-state index in [-0.39, 0.29) is 5.91 Å². The SMILES string of the molecule is CC1(C)CCN(C(=O)c2nc(-c3ccccc3)n[nH]2)CC1. The van der Waals surface area contributed by atoms with E-state index in [0.717, 1.165) is 31.5 Å². The molecule has 1 saturated heterocycles. The number of piperidine rings is 1. The van der Waals surface area contributed by atoms with Crippen molar-refractivity contribution in [2.24, 2.45) is 5.41 Å². The van der Waals surface area contributed by atoms with E-state index in [9.17, 15) is 4.79 Å². The van der Waals surface area contributed by atoms with E-state index < -0.39 is 0 Å². The van der Waals surface area contributed by atoms with Crippen molar-refractivity contribution in [1.29, 1.82) is 0 Å². The maximum absolute atomic E-state index is 12.4. The third-order valence-corrected chi connectivity index (χ3v) is 4.12. The first-order valence-corrected chi connectivity index (χ1v) is 7.32. The van der Waals surface area contributed by atoms with E-state index in [2.05, 4.69) is 29.0 Å². The highest BCUT2D eigenvalue weighted by Crippen LogP contribution is 2.30. The third-order valence-electron chi connectivity index (χ3n) is 4.12. The van der Waals surface area contributed by atoms with Crippen LogP contribution >= 0.6 is 0 Å². The molecule has 1 aromatic heterocycles. The van der Waals surface area contributed by atoms with Gasteiger partial charge in [0, 0.05) is 18.7 Å². The molecule has 1 aliphatic heterocycles. The highest BCUT2D eigenvalue weighted by molar-refractivity contribution is 5.91. The largest absolute Gasteiger partial charge is 0.336 e. The lowest BCUT2D eigenvalue weighted by atomic mass is 9.83. The standard InChI is InChI=1S/C16H20N4O/c1-16(2)8-10-20(11-9-16)15(21)14-17-13(18-19-14)12-6-4-3-5-7-12/h3-7H,8-11H2,1-2H3,(H,17,18,19). The molecule has 0 bridgehead atoms. The summed E-state index contributed by atoms with van der Waals surface area (Å²) < 4.78 is 0. The van der Waals surface area contributed by atoms with Gasteiger partial charge in [-0.3, -0.25) is 9.89 Å². The smallest absolute Gasteiger partial charge is 0.291 e. The Morgan fingerprint density at radius 3 is 2.52 bits per heavy atom. The topological polar surface area (TPSA) is 61.9 Å². The van der Waals surface area contributed by atoms with Gasteiger partial charge in [0.25, 0.3) is 5.91 Å². The van der Waals surface area contributed by atoms with Gasteiger partial charge in [0.05, 0.1) is 0 Å². The van der Waals surface area contributed by atoms with E-state index in [1.54, 1.807) is 0 Å². The van der Waals surface area contributed by atoms with Crippen LogP contribution in [0, 0.1) is 5.41 Å². The Bertz CT molecular complexity index is 623. The number of aromatic nitrogens is 3. The second-order valence-corrected chi connectivity index (χ2v) is 6.33. The van der Waals surface area contributed by atoms with Gasteiger partial charge < -0.3 is 4.90 Å². The Morgan fingerprint density at radius 2 is 1.86 bits per heavy atom. The summed E-state index contributed by atoms with van der Waals surface area (Å²) in [6.45, 7) is 6.06. The predicted octanol–water partition coefficient (Wildman–Crippen LogP) is 2.73. The van der Waals surface area contributed by atoms with Crippen LogP contribution in [0.3, 0.4) is 0 Å². The van der Waals surface area contributed by atoms with Crippen LogP contribution in [0.4, 0.5) is 0 Å². The molecule has 5 nitrogen and oxygen atoms in total. The number of H-pyrrole nitrogens is 1. The van der Waals surface area contributed by atoms with Gasteiger partial charge in [-0.2, -0.15) is 5.10 Å². The zero-order valence-electron chi connectivity index (χ0n) is 12.5. The molecule has 1 fully saturated rings. The van der Waals surface area contributed by atoms with Crippen LogP contribution in [0.25, 0.3) is 11.4 Å². The van der Waals surface area contributed by atoms with E-state index in [4.69, 9.17) is 0 Å². The Balaban J connectivity index is 1.73. The van der Waals surface area contributed by atoms with Gasteiger partial charge in [-0.25, -0.2) is 4.98 Å². The summed E-state index contributed by atoms with van der Waals surface area (Å²) in [7, 11) is 0. The Kier molecular flexibility index (Phi) is 3.49. The number of nitrogens with one attached hydrogen (secondary N) is 1. The molecule has 110 valence electrons. The summed E-state index contributed by atoms with van der Waals surface area (Å²) in [6, 6.07) is 9.67. The van der Waals surface area contributed by atoms with Gasteiger partial charge in [-0.15, -0.1) is 0 Å². The van der Waals surface area contributed by atoms with Crippen LogP contribution in [0.2, 0.25) is 0 Å². The van der Waals surface area contributed by atoms with Crippen molar-refractivity contribution in [2.45, 2.75) is 26.7 Å². The third kappa shape index (κ3) is 2.96. The highest BCUT2D eigenvalue weighted by atomic mass is 16.2. The molecule has 1 aliphatic rings. The maximum atomic E-state index is 12.4. The van der Waals surface area contributed by atoms with Crippen molar-refractivity contribution in [2.75, 3.05) is 13.1 Å². The van der Waals surface area contributed by atoms with Crippen LogP contribution < -0.4 is 0 Å². The highest BCUT2D eigenvalue weighted by Gasteiger charge is 2.29. The van der Waals surface area contributed by atoms with Crippen LogP contribution in [-0.2, 0) is 0 Å². The van der Waals surface area contributed by atoms with Crippen molar-refractivity contribution >= 4 is 5.91 Å². The molecule has 3 rings (SSSR count). The molecule has 1 aromatic carbocycles. The number of aromatic amines is 1. The number of hydrogen-bond donors (Lipinski definition) is 1. The lowest BCUT2D eigenvalue weighted by molar-refractivity contribution is 0.0618. The number of benzene rings is 1. The average Bonchev–Trinajstić information content (AvgIpc) is 2.97. The molecule has 2 aromatic rings. The number of rotatable bonds is 2. The van der Waals surface area contributed by atoms with Crippen molar-refractivity contribution < 1.29 is 4.79 Å². The molecule has 0 radical (unpaired) electrons. The number of nitrogens with zero attached hydrogens (tertiary/aromatic N) is 3. The monoisotopic (exact) mass is 284 g/mol. The first kappa shape index (κ1) is 13.8. The number of amides is 1. The molecule has 5 heteroatoms. The van der Waals surface area contributed by atoms with Crippen molar-refractivity contribution in [3.05, 3.63) is 36.2 Å². The lowest BCUT2D eigenvalue weighted by Gasteiger charge is -2.36. The minimum atomic E-state index is -0.0554. The molecule has 0 unspecified atom stereocenters. The Morgan fingerprint density at radius 1 is 1.19 bits per heavy atom. The summed E-state index contributed by atoms with van der Waals surface area (Å²) in [5, 5.41) is 6.92. The van der Waals surface area contributed by atoms with Gasteiger partial charge in [-0.1, -0.05) is 44.2 Å². The second-order valence-electron chi connectivity index (χ2n) is 6.33. The number of carbonyl (C=O) groups excluding carboxylic acids is 1. The summed E-state index contributed by atoms with van der Waals surface area (Å²) in [4.78, 5) is 18.6. The lowest BCUT2D eigenvalue weighted by Crippen LogP contribution is -2.41. The Labute approximate surface area is 124 Å². The van der Waals surface area contributed by atoms with Crippen molar-refractivity contribution in [3.63, 3.8) is 0 Å². The van der Waals surface area contributed by atoms with Gasteiger partial charge in [0.2, 0.25) is 5.82 Å². The minimum absolute atomic E-state index is 0.0554. The van der Waals surface area contributed by atoms with Gasteiger partial charge in [0.15, 0.2) is 5.82 Å². The molecule has 2 heterocycles. The summed E-state index contributed by atoms with van der Waals surface area (Å²) in [6.07, 6.45) is 2.05. The van der Waals surface area contributed by atoms with E-state index >= 15 is 0 Å². The predicted molar refractivity (Wildman–Crippen MR) is 80.7 cm³/mol. The number of likely N-dealkylation sites (tertiary alicyclic amines) is 1. The molecular weight excluding hydrogens is 264 g/mol. The van der Waals surface area contributed by atoms with Crippen molar-refractivity contribution in [1.82, 2.24) is 20.1 Å². The molecular formula is C16H20N4O. The average molecular weight is 284 g/mol. The maximum Gasteiger partial charge on any atom is 0.291 e. The molecule has 0 aliphatic carbocycles. The van der Waals surface area contributed by atoms with Gasteiger partial charge in [0.1, 0.15) is 0 Å². The van der Waals surface area contributed by atoms with Gasteiger partial charge >= 0.3 is 0 Å². The zero-order valence-corrected chi connectivity index (χ0v) is 12.5. The fraction of sp³-hybridized carbons (Fsp3) is 0.438. The fourth-order valence-electron chi connectivity index (χ4n) is 2.54. The quantitative estimate of drug-likeness (QED) is 0.922. The molecule has 1 amide bonds. The summed E-state index contributed by atoms with van der Waals surface area (Å²) in [5.41, 5.74) is 1.24. The number of hydrogen-bond acceptors (Lipinski definition) is 3. The molecule has 0 saturated carbocycles. The van der Waals surface area contributed by atoms with Crippen LogP contribution in [0.15, 0.2) is 30.3 Å². The van der Waals surface area contributed by atoms with Crippen molar-refractivity contribution in [3.8, 4) is 11.4 Å². The zero-order chi connectivity index (χ0) is 14.9. The molecule has 0 atom stereocenters. The van der Waals surface area contributed by atoms with Crippen LogP contribution in [-0.4, -0.2) is 39.1 Å². The molecule has 21 heavy (non-hydrogen) atoms. The molecule has 1 N–H and O–H groups in total. The number of carbonyl (C=O) groups is 1. The van der Waals surface area contributed by atoms with Gasteiger partial charge in [-0.05, 0) is 18.3 Å². The van der Waals surface area contributed by atoms with E-state index in [1.807, 2.05) is 35.2 Å². The molecule has 0 spiro atoms. The summed E-state index contributed by atoms with van der Waals surface area (Å²) in [5.74, 6) is 0.838.